The van der Waals surface area contributed by atoms with Gasteiger partial charge in [-0.3, -0.25) is 0 Å². The Balaban J connectivity index is 2.50. The molecule has 102 valence electrons. The first kappa shape index (κ1) is 13.8. The normalized spacial score (nSPS) is 12.7. The summed E-state index contributed by atoms with van der Waals surface area (Å²) in [7, 11) is 0. The molecule has 1 heterocycles. The number of aromatic nitrogens is 2. The Hall–Kier alpha value is -1.61. The fourth-order valence-electron chi connectivity index (χ4n) is 2.72. The Morgan fingerprint density at radius 3 is 2.26 bits per heavy atom. The molecule has 0 saturated heterocycles. The second kappa shape index (κ2) is 5.17. The van der Waals surface area contributed by atoms with Crippen LogP contribution < -0.4 is 5.73 Å². The molecule has 3 N–H and O–H groups in total. The first-order valence-electron chi connectivity index (χ1n) is 6.77. The number of rotatable bonds is 3. The highest BCUT2D eigenvalue weighted by atomic mass is 14.9. The second-order valence-corrected chi connectivity index (χ2v) is 5.61. The van der Waals surface area contributed by atoms with Crippen molar-refractivity contribution in [2.45, 2.75) is 47.1 Å². The van der Waals surface area contributed by atoms with Crippen molar-refractivity contribution in [1.29, 1.82) is 0 Å². The standard InChI is InChI=1S/C16H23N3/c1-9-6-10(2)15(11(3)7-9)16-13(5)18-14(19-16)8-12(4)17/h6-7,12H,8,17H2,1-5H3,(H,18,19). The lowest BCUT2D eigenvalue weighted by Crippen LogP contribution is -2.18. The van der Waals surface area contributed by atoms with Gasteiger partial charge in [0.05, 0.1) is 5.69 Å². The number of H-pyrrole nitrogens is 1. The Labute approximate surface area is 115 Å². The minimum Gasteiger partial charge on any atom is -0.346 e. The van der Waals surface area contributed by atoms with Gasteiger partial charge < -0.3 is 10.7 Å². The maximum atomic E-state index is 5.84. The smallest absolute Gasteiger partial charge is 0.108 e. The van der Waals surface area contributed by atoms with Crippen molar-refractivity contribution in [1.82, 2.24) is 9.97 Å². The molecule has 3 nitrogen and oxygen atoms in total. The van der Waals surface area contributed by atoms with Crippen LogP contribution in [0.3, 0.4) is 0 Å². The first-order chi connectivity index (χ1) is 8.88. The quantitative estimate of drug-likeness (QED) is 0.887. The Morgan fingerprint density at radius 1 is 1.16 bits per heavy atom. The molecule has 0 aliphatic rings. The van der Waals surface area contributed by atoms with Crippen LogP contribution in [0.15, 0.2) is 12.1 Å². The molecule has 19 heavy (non-hydrogen) atoms. The molecule has 0 aliphatic carbocycles. The molecule has 1 aromatic heterocycles. The molecule has 0 radical (unpaired) electrons. The van der Waals surface area contributed by atoms with E-state index in [-0.39, 0.29) is 6.04 Å². The molecule has 1 aromatic carbocycles. The zero-order valence-corrected chi connectivity index (χ0v) is 12.5. The van der Waals surface area contributed by atoms with Crippen LogP contribution in [0.4, 0.5) is 0 Å². The summed E-state index contributed by atoms with van der Waals surface area (Å²) in [6.07, 6.45) is 0.783. The molecule has 0 amide bonds. The van der Waals surface area contributed by atoms with E-state index in [1.807, 2.05) is 6.92 Å². The van der Waals surface area contributed by atoms with Gasteiger partial charge in [0, 0.05) is 23.7 Å². The Morgan fingerprint density at radius 2 is 1.74 bits per heavy atom. The number of imidazole rings is 1. The number of aryl methyl sites for hydroxylation is 4. The van der Waals surface area contributed by atoms with Gasteiger partial charge in [-0.25, -0.2) is 4.98 Å². The fraction of sp³-hybridized carbons (Fsp3) is 0.438. The van der Waals surface area contributed by atoms with Crippen LogP contribution in [-0.4, -0.2) is 16.0 Å². The number of benzene rings is 1. The topological polar surface area (TPSA) is 54.7 Å². The first-order valence-corrected chi connectivity index (χ1v) is 6.77. The van der Waals surface area contributed by atoms with Gasteiger partial charge in [0.1, 0.15) is 5.82 Å². The number of nitrogens with two attached hydrogens (primary N) is 1. The van der Waals surface area contributed by atoms with Crippen molar-refractivity contribution in [3.05, 3.63) is 40.3 Å². The number of aromatic amines is 1. The second-order valence-electron chi connectivity index (χ2n) is 5.61. The lowest BCUT2D eigenvalue weighted by molar-refractivity contribution is 0.709. The van der Waals surface area contributed by atoms with E-state index in [1.54, 1.807) is 0 Å². The van der Waals surface area contributed by atoms with Crippen molar-refractivity contribution >= 4 is 0 Å². The maximum absolute atomic E-state index is 5.84. The van der Waals surface area contributed by atoms with E-state index in [0.29, 0.717) is 0 Å². The van der Waals surface area contributed by atoms with Gasteiger partial charge in [-0.05, 0) is 45.7 Å². The molecule has 3 heteroatoms. The van der Waals surface area contributed by atoms with Gasteiger partial charge in [0.15, 0.2) is 0 Å². The molecule has 1 unspecified atom stereocenters. The van der Waals surface area contributed by atoms with E-state index in [2.05, 4.69) is 44.8 Å². The average Bonchev–Trinajstić information content (AvgIpc) is 2.57. The molecule has 0 spiro atoms. The third-order valence-electron chi connectivity index (χ3n) is 3.36. The highest BCUT2D eigenvalue weighted by Crippen LogP contribution is 2.29. The van der Waals surface area contributed by atoms with Gasteiger partial charge >= 0.3 is 0 Å². The Kier molecular flexibility index (Phi) is 3.76. The highest BCUT2D eigenvalue weighted by molar-refractivity contribution is 5.70. The number of nitrogens with one attached hydrogen (secondary N) is 1. The van der Waals surface area contributed by atoms with Crippen LogP contribution >= 0.6 is 0 Å². The van der Waals surface area contributed by atoms with E-state index < -0.39 is 0 Å². The Bertz CT molecular complexity index is 571. The molecule has 0 saturated carbocycles. The van der Waals surface area contributed by atoms with Gasteiger partial charge in [0.25, 0.3) is 0 Å². The van der Waals surface area contributed by atoms with Crippen LogP contribution in [0.25, 0.3) is 11.3 Å². The predicted octanol–water partition coefficient (Wildman–Crippen LogP) is 3.20. The SMILES string of the molecule is Cc1cc(C)c(-c2nc(CC(C)N)[nH]c2C)c(C)c1. The summed E-state index contributed by atoms with van der Waals surface area (Å²) in [5.74, 6) is 0.974. The summed E-state index contributed by atoms with van der Waals surface area (Å²) in [5, 5.41) is 0. The van der Waals surface area contributed by atoms with Crippen LogP contribution in [0.5, 0.6) is 0 Å². The van der Waals surface area contributed by atoms with Gasteiger partial charge in [-0.2, -0.15) is 0 Å². The van der Waals surface area contributed by atoms with Gasteiger partial charge in [-0.15, -0.1) is 0 Å². The minimum atomic E-state index is 0.124. The van der Waals surface area contributed by atoms with Crippen LogP contribution in [0.2, 0.25) is 0 Å². The van der Waals surface area contributed by atoms with Crippen molar-refractivity contribution in [2.75, 3.05) is 0 Å². The molecular formula is C16H23N3. The summed E-state index contributed by atoms with van der Waals surface area (Å²) in [6, 6.07) is 4.54. The molecule has 2 aromatic rings. The third kappa shape index (κ3) is 2.87. The van der Waals surface area contributed by atoms with Crippen LogP contribution in [0.1, 0.15) is 35.1 Å². The van der Waals surface area contributed by atoms with Gasteiger partial charge in [0.2, 0.25) is 0 Å². The predicted molar refractivity (Wildman–Crippen MR) is 80.3 cm³/mol. The molecule has 1 atom stereocenters. The van der Waals surface area contributed by atoms with E-state index >= 15 is 0 Å². The zero-order valence-electron chi connectivity index (χ0n) is 12.5. The summed E-state index contributed by atoms with van der Waals surface area (Å²) in [6.45, 7) is 10.5. The average molecular weight is 257 g/mol. The van der Waals surface area contributed by atoms with Gasteiger partial charge in [-0.1, -0.05) is 17.7 Å². The van der Waals surface area contributed by atoms with E-state index in [4.69, 9.17) is 10.7 Å². The third-order valence-corrected chi connectivity index (χ3v) is 3.36. The lowest BCUT2D eigenvalue weighted by atomic mass is 9.96. The minimum absolute atomic E-state index is 0.124. The van der Waals surface area contributed by atoms with E-state index in [1.165, 1.54) is 22.3 Å². The molecule has 2 rings (SSSR count). The van der Waals surface area contributed by atoms with Crippen molar-refractivity contribution in [3.63, 3.8) is 0 Å². The molecule has 0 aliphatic heterocycles. The summed E-state index contributed by atoms with van der Waals surface area (Å²) in [5.41, 5.74) is 13.1. The van der Waals surface area contributed by atoms with Crippen molar-refractivity contribution < 1.29 is 0 Å². The summed E-state index contributed by atoms with van der Waals surface area (Å²) in [4.78, 5) is 8.09. The monoisotopic (exact) mass is 257 g/mol. The molecular weight excluding hydrogens is 234 g/mol. The number of nitrogens with zero attached hydrogens (tertiary/aromatic N) is 1. The van der Waals surface area contributed by atoms with Crippen LogP contribution in [-0.2, 0) is 6.42 Å². The van der Waals surface area contributed by atoms with Crippen LogP contribution in [0, 0.1) is 27.7 Å². The molecule has 0 fully saturated rings. The lowest BCUT2D eigenvalue weighted by Gasteiger charge is -2.10. The number of hydrogen-bond acceptors (Lipinski definition) is 2. The summed E-state index contributed by atoms with van der Waals surface area (Å²) >= 11 is 0. The van der Waals surface area contributed by atoms with E-state index in [9.17, 15) is 0 Å². The zero-order chi connectivity index (χ0) is 14.2. The largest absolute Gasteiger partial charge is 0.346 e. The molecule has 0 bridgehead atoms. The fourth-order valence-corrected chi connectivity index (χ4v) is 2.72. The highest BCUT2D eigenvalue weighted by Gasteiger charge is 2.14. The number of hydrogen-bond donors (Lipinski definition) is 2. The maximum Gasteiger partial charge on any atom is 0.108 e. The van der Waals surface area contributed by atoms with Crippen molar-refractivity contribution in [2.24, 2.45) is 5.73 Å². The summed E-state index contributed by atoms with van der Waals surface area (Å²) < 4.78 is 0. The van der Waals surface area contributed by atoms with Crippen molar-refractivity contribution in [3.8, 4) is 11.3 Å². The van der Waals surface area contributed by atoms with E-state index in [0.717, 1.165) is 23.6 Å².